The predicted molar refractivity (Wildman–Crippen MR) is 236 cm³/mol. The third kappa shape index (κ3) is 15.4. The smallest absolute Gasteiger partial charge is 0.410 e. The maximum atomic E-state index is 14.0. The molecular formula is C49H66N4O9. The molecule has 1 aliphatic heterocycles. The number of carbonyl (C=O) groups excluding carboxylic acids is 5. The van der Waals surface area contributed by atoms with Crippen molar-refractivity contribution in [2.24, 2.45) is 5.41 Å². The first kappa shape index (κ1) is 47.5. The Kier molecular flexibility index (Phi) is 16.4. The van der Waals surface area contributed by atoms with Crippen LogP contribution in [0.3, 0.4) is 0 Å². The molecule has 1 spiro atoms. The maximum Gasteiger partial charge on any atom is 0.410 e. The fourth-order valence-electron chi connectivity index (χ4n) is 7.94. The van der Waals surface area contributed by atoms with Crippen molar-refractivity contribution >= 4 is 30.0 Å². The number of likely N-dealkylation sites (tertiary alicyclic amines) is 1. The first-order valence-corrected chi connectivity index (χ1v) is 21.9. The lowest BCUT2D eigenvalue weighted by molar-refractivity contribution is -0.155. The highest BCUT2D eigenvalue weighted by Crippen LogP contribution is 2.49. The average molecular weight is 855 g/mol. The Morgan fingerprint density at radius 3 is 2.10 bits per heavy atom. The molecule has 13 nitrogen and oxygen atoms in total. The Morgan fingerprint density at radius 1 is 0.790 bits per heavy atom. The summed E-state index contributed by atoms with van der Waals surface area (Å²) < 4.78 is 23.0. The zero-order valence-electron chi connectivity index (χ0n) is 37.6. The topological polar surface area (TPSA) is 162 Å². The predicted octanol–water partition coefficient (Wildman–Crippen LogP) is 8.09. The number of nitrogens with one attached hydrogen (secondary N) is 3. The number of carbonyl (C=O) groups is 5. The van der Waals surface area contributed by atoms with Crippen LogP contribution < -0.4 is 20.7 Å². The summed E-state index contributed by atoms with van der Waals surface area (Å²) in [5.74, 6) is -0.670. The monoisotopic (exact) mass is 854 g/mol. The van der Waals surface area contributed by atoms with Crippen molar-refractivity contribution in [2.75, 3.05) is 13.1 Å². The molecule has 13 heteroatoms. The molecule has 1 saturated carbocycles. The van der Waals surface area contributed by atoms with Crippen molar-refractivity contribution in [1.29, 1.82) is 0 Å². The van der Waals surface area contributed by atoms with Crippen molar-refractivity contribution in [1.82, 2.24) is 20.9 Å². The van der Waals surface area contributed by atoms with E-state index in [0.29, 0.717) is 31.7 Å². The van der Waals surface area contributed by atoms with E-state index in [1.54, 1.807) is 20.8 Å². The number of nitrogens with zero attached hydrogens (tertiary/aromatic N) is 1. The van der Waals surface area contributed by atoms with Crippen LogP contribution in [0.5, 0.6) is 5.75 Å². The zero-order chi connectivity index (χ0) is 44.9. The molecule has 4 amide bonds. The number of rotatable bonds is 17. The van der Waals surface area contributed by atoms with Crippen molar-refractivity contribution in [3.8, 4) is 5.75 Å². The number of piperidine rings is 1. The number of hydrogen-bond donors (Lipinski definition) is 3. The summed E-state index contributed by atoms with van der Waals surface area (Å²) in [6.07, 6.45) is 3.80. The number of benzene rings is 3. The number of amides is 4. The van der Waals surface area contributed by atoms with Gasteiger partial charge in [-0.1, -0.05) is 66.7 Å². The van der Waals surface area contributed by atoms with E-state index < -0.39 is 41.3 Å². The minimum atomic E-state index is -1.09. The van der Waals surface area contributed by atoms with E-state index in [1.165, 1.54) is 0 Å². The van der Waals surface area contributed by atoms with Crippen LogP contribution in [0, 0.1) is 12.3 Å². The molecule has 1 saturated heterocycles. The molecule has 1 aliphatic carbocycles. The van der Waals surface area contributed by atoms with Crippen LogP contribution in [0.15, 0.2) is 78.9 Å². The van der Waals surface area contributed by atoms with Gasteiger partial charge in [-0.15, -0.1) is 0 Å². The van der Waals surface area contributed by atoms with Gasteiger partial charge in [0.1, 0.15) is 35.6 Å². The van der Waals surface area contributed by atoms with Crippen LogP contribution >= 0.6 is 0 Å². The summed E-state index contributed by atoms with van der Waals surface area (Å²) in [5.41, 5.74) is 2.44. The van der Waals surface area contributed by atoms with Crippen molar-refractivity contribution in [2.45, 2.75) is 149 Å². The van der Waals surface area contributed by atoms with Gasteiger partial charge in [0.15, 0.2) is 0 Å². The first-order valence-electron chi connectivity index (χ1n) is 21.9. The van der Waals surface area contributed by atoms with E-state index in [-0.39, 0.29) is 55.9 Å². The van der Waals surface area contributed by atoms with Crippen LogP contribution in [-0.4, -0.2) is 77.3 Å². The summed E-state index contributed by atoms with van der Waals surface area (Å²) >= 11 is 0. The molecule has 3 N–H and O–H groups in total. The van der Waals surface area contributed by atoms with Crippen LogP contribution in [0.4, 0.5) is 9.59 Å². The van der Waals surface area contributed by atoms with Gasteiger partial charge >= 0.3 is 18.2 Å². The second-order valence-corrected chi connectivity index (χ2v) is 18.8. The van der Waals surface area contributed by atoms with Gasteiger partial charge in [-0.2, -0.15) is 0 Å². The van der Waals surface area contributed by atoms with E-state index in [9.17, 15) is 24.0 Å². The van der Waals surface area contributed by atoms with Crippen LogP contribution in [-0.2, 0) is 48.2 Å². The van der Waals surface area contributed by atoms with E-state index in [1.807, 2.05) is 111 Å². The lowest BCUT2D eigenvalue weighted by Crippen LogP contribution is -2.55. The van der Waals surface area contributed by atoms with E-state index in [4.69, 9.17) is 18.9 Å². The van der Waals surface area contributed by atoms with E-state index in [0.717, 1.165) is 47.9 Å². The largest absolute Gasteiger partial charge is 0.490 e. The molecule has 2 fully saturated rings. The molecule has 0 bridgehead atoms. The molecular weight excluding hydrogens is 789 g/mol. The molecule has 0 unspecified atom stereocenters. The second-order valence-electron chi connectivity index (χ2n) is 18.8. The van der Waals surface area contributed by atoms with E-state index >= 15 is 0 Å². The molecule has 3 aromatic rings. The van der Waals surface area contributed by atoms with Gasteiger partial charge in [-0.05, 0) is 140 Å². The minimum absolute atomic E-state index is 0.00269. The molecule has 0 radical (unpaired) electrons. The summed E-state index contributed by atoms with van der Waals surface area (Å²) in [5, 5.41) is 8.60. The number of ether oxygens (including phenoxy) is 4. The van der Waals surface area contributed by atoms with Crippen LogP contribution in [0.1, 0.15) is 115 Å². The minimum Gasteiger partial charge on any atom is -0.490 e. The van der Waals surface area contributed by atoms with Gasteiger partial charge in [0, 0.05) is 26.1 Å². The Morgan fingerprint density at radius 2 is 1.44 bits per heavy atom. The third-order valence-electron chi connectivity index (χ3n) is 11.0. The molecule has 3 aromatic carbocycles. The van der Waals surface area contributed by atoms with Crippen molar-refractivity contribution < 1.29 is 42.9 Å². The Labute approximate surface area is 367 Å². The maximum absolute atomic E-state index is 14.0. The van der Waals surface area contributed by atoms with Gasteiger partial charge < -0.3 is 39.8 Å². The van der Waals surface area contributed by atoms with Crippen LogP contribution in [0.2, 0.25) is 0 Å². The summed E-state index contributed by atoms with van der Waals surface area (Å²) in [7, 11) is 0. The molecule has 336 valence electrons. The highest BCUT2D eigenvalue weighted by Gasteiger charge is 2.49. The normalized spacial score (nSPS) is 18.4. The number of aryl methyl sites for hydroxylation is 2. The average Bonchev–Trinajstić information content (AvgIpc) is 3.20. The van der Waals surface area contributed by atoms with Gasteiger partial charge in [-0.25, -0.2) is 9.59 Å². The number of esters is 1. The summed E-state index contributed by atoms with van der Waals surface area (Å²) in [6, 6.07) is 22.7. The number of hydrogen-bond acceptors (Lipinski definition) is 9. The van der Waals surface area contributed by atoms with Crippen molar-refractivity contribution in [3.63, 3.8) is 0 Å². The second kappa shape index (κ2) is 21.5. The highest BCUT2D eigenvalue weighted by molar-refractivity contribution is 5.91. The molecule has 2 atom stereocenters. The standard InChI is InChI=1S/C49H66N4O9/c1-34-22-24-38(60-39-29-49(30-39)26-15-27-53(33-49)46(58)62-48(5,6)7)28-37(34)31-50-43(55)41(25-23-35-16-10-8-11-17-35)51-44(56)40(20-14-21-42(54)61-47(2,3)4)52-45(57)59-32-36-18-12-9-13-19-36/h8-13,16-19,22,24,28,39-41H,14-15,20-21,23,25-27,29-33H2,1-7H3,(H,50,55)(H,51,56)(H,52,57)/t39?,40-,41-,49?/m0/s1. The Balaban J connectivity index is 1.22. The lowest BCUT2D eigenvalue weighted by atomic mass is 9.62. The summed E-state index contributed by atoms with van der Waals surface area (Å²) in [6.45, 7) is 14.5. The lowest BCUT2D eigenvalue weighted by Gasteiger charge is -2.52. The zero-order valence-corrected chi connectivity index (χ0v) is 37.6. The van der Waals surface area contributed by atoms with Gasteiger partial charge in [0.2, 0.25) is 11.8 Å². The molecule has 2 aliphatic rings. The molecule has 5 rings (SSSR count). The van der Waals surface area contributed by atoms with Gasteiger partial charge in [0.05, 0.1) is 6.10 Å². The molecule has 62 heavy (non-hydrogen) atoms. The SMILES string of the molecule is Cc1ccc(OC2CC3(CCCN(C(=O)OC(C)(C)C)C3)C2)cc1CNC(=O)[C@H](CCc1ccccc1)NC(=O)[C@H](CCCC(=O)OC(C)(C)C)NC(=O)OCc1ccccc1. The first-order chi connectivity index (χ1) is 29.3. The highest BCUT2D eigenvalue weighted by atomic mass is 16.6. The van der Waals surface area contributed by atoms with Crippen LogP contribution in [0.25, 0.3) is 0 Å². The van der Waals surface area contributed by atoms with E-state index in [2.05, 4.69) is 16.0 Å². The van der Waals surface area contributed by atoms with Gasteiger partial charge in [-0.3, -0.25) is 14.4 Å². The quantitative estimate of drug-likeness (QED) is 0.0901. The summed E-state index contributed by atoms with van der Waals surface area (Å²) in [4.78, 5) is 68.1. The fourth-order valence-corrected chi connectivity index (χ4v) is 7.94. The number of alkyl carbamates (subject to hydrolysis) is 1. The van der Waals surface area contributed by atoms with Gasteiger partial charge in [0.25, 0.3) is 0 Å². The Bertz CT molecular complexity index is 1970. The fraction of sp³-hybridized carbons (Fsp3) is 0.531. The Hall–Kier alpha value is -5.59. The van der Waals surface area contributed by atoms with Crippen molar-refractivity contribution in [3.05, 3.63) is 101 Å². The molecule has 0 aromatic heterocycles. The third-order valence-corrected chi connectivity index (χ3v) is 11.0. The molecule has 1 heterocycles.